The fourth-order valence-corrected chi connectivity index (χ4v) is 1.74. The second-order valence-corrected chi connectivity index (χ2v) is 4.42. The molecule has 0 radical (unpaired) electrons. The van der Waals surface area contributed by atoms with Crippen molar-refractivity contribution in [1.29, 1.82) is 0 Å². The van der Waals surface area contributed by atoms with Gasteiger partial charge in [-0.1, -0.05) is 13.8 Å². The van der Waals surface area contributed by atoms with Crippen LogP contribution in [0, 0.1) is 11.7 Å². The molecule has 0 spiro atoms. The molecule has 15 heavy (non-hydrogen) atoms. The van der Waals surface area contributed by atoms with Crippen LogP contribution in [0.4, 0.5) is 10.2 Å². The van der Waals surface area contributed by atoms with Crippen LogP contribution in [-0.2, 0) is 0 Å². The standard InChI is InChI=1S/C11H15FN2O/c1-8(2)11(15)6-14(7-11)10-9(12)4-3-5-13-10/h3-5,8,15H,6-7H2,1-2H3. The van der Waals surface area contributed by atoms with Crippen molar-refractivity contribution < 1.29 is 9.50 Å². The normalized spacial score (nSPS) is 19.1. The van der Waals surface area contributed by atoms with Crippen LogP contribution in [0.2, 0.25) is 0 Å². The zero-order valence-corrected chi connectivity index (χ0v) is 8.94. The number of hydrogen-bond acceptors (Lipinski definition) is 3. The fraction of sp³-hybridized carbons (Fsp3) is 0.545. The molecule has 0 aliphatic carbocycles. The molecule has 2 heterocycles. The minimum Gasteiger partial charge on any atom is -0.386 e. The number of aromatic nitrogens is 1. The predicted molar refractivity (Wildman–Crippen MR) is 56.2 cm³/mol. The van der Waals surface area contributed by atoms with E-state index in [-0.39, 0.29) is 11.7 Å². The zero-order valence-electron chi connectivity index (χ0n) is 8.94. The molecule has 1 aromatic heterocycles. The Balaban J connectivity index is 2.10. The third kappa shape index (κ3) is 1.69. The molecule has 82 valence electrons. The lowest BCUT2D eigenvalue weighted by molar-refractivity contribution is -0.0307. The topological polar surface area (TPSA) is 36.4 Å². The number of pyridine rings is 1. The Hall–Kier alpha value is -1.16. The van der Waals surface area contributed by atoms with Gasteiger partial charge in [-0.15, -0.1) is 0 Å². The lowest BCUT2D eigenvalue weighted by atomic mass is 9.83. The van der Waals surface area contributed by atoms with Gasteiger partial charge in [-0.05, 0) is 18.1 Å². The molecule has 0 atom stereocenters. The largest absolute Gasteiger partial charge is 0.386 e. The third-order valence-electron chi connectivity index (χ3n) is 3.04. The van der Waals surface area contributed by atoms with Gasteiger partial charge < -0.3 is 10.0 Å². The summed E-state index contributed by atoms with van der Waals surface area (Å²) in [7, 11) is 0. The quantitative estimate of drug-likeness (QED) is 0.802. The van der Waals surface area contributed by atoms with Gasteiger partial charge in [-0.3, -0.25) is 0 Å². The summed E-state index contributed by atoms with van der Waals surface area (Å²) in [6.07, 6.45) is 1.56. The molecule has 4 heteroatoms. The summed E-state index contributed by atoms with van der Waals surface area (Å²) in [5, 5.41) is 10.0. The molecule has 0 saturated carbocycles. The van der Waals surface area contributed by atoms with E-state index in [2.05, 4.69) is 4.98 Å². The summed E-state index contributed by atoms with van der Waals surface area (Å²) >= 11 is 0. The highest BCUT2D eigenvalue weighted by molar-refractivity contribution is 5.44. The summed E-state index contributed by atoms with van der Waals surface area (Å²) in [6.45, 7) is 4.84. The van der Waals surface area contributed by atoms with Crippen molar-refractivity contribution >= 4 is 5.82 Å². The number of hydrogen-bond donors (Lipinski definition) is 1. The monoisotopic (exact) mass is 210 g/mol. The van der Waals surface area contributed by atoms with E-state index in [0.29, 0.717) is 18.9 Å². The highest BCUT2D eigenvalue weighted by Gasteiger charge is 2.44. The highest BCUT2D eigenvalue weighted by atomic mass is 19.1. The maximum atomic E-state index is 13.3. The summed E-state index contributed by atoms with van der Waals surface area (Å²) in [5.74, 6) is 0.187. The summed E-state index contributed by atoms with van der Waals surface area (Å²) in [4.78, 5) is 5.72. The van der Waals surface area contributed by atoms with E-state index in [9.17, 15) is 9.50 Å². The molecule has 0 bridgehead atoms. The van der Waals surface area contributed by atoms with Crippen LogP contribution < -0.4 is 4.90 Å². The molecule has 0 amide bonds. The van der Waals surface area contributed by atoms with Crippen molar-refractivity contribution in [3.05, 3.63) is 24.1 Å². The lowest BCUT2D eigenvalue weighted by Gasteiger charge is -2.49. The van der Waals surface area contributed by atoms with E-state index in [1.807, 2.05) is 13.8 Å². The van der Waals surface area contributed by atoms with Crippen molar-refractivity contribution in [3.8, 4) is 0 Å². The Bertz CT molecular complexity index is 361. The number of rotatable bonds is 2. The summed E-state index contributed by atoms with van der Waals surface area (Å²) in [5.41, 5.74) is -0.691. The Labute approximate surface area is 88.6 Å². The molecule has 0 aromatic carbocycles. The number of nitrogens with zero attached hydrogens (tertiary/aromatic N) is 2. The average molecular weight is 210 g/mol. The maximum Gasteiger partial charge on any atom is 0.165 e. The van der Waals surface area contributed by atoms with E-state index in [1.54, 1.807) is 17.2 Å². The van der Waals surface area contributed by atoms with E-state index in [4.69, 9.17) is 0 Å². The van der Waals surface area contributed by atoms with Gasteiger partial charge >= 0.3 is 0 Å². The molecule has 1 N–H and O–H groups in total. The zero-order chi connectivity index (χ0) is 11.1. The van der Waals surface area contributed by atoms with Gasteiger partial charge in [0.15, 0.2) is 11.6 Å². The SMILES string of the molecule is CC(C)C1(O)CN(c2ncccc2F)C1. The molecule has 1 saturated heterocycles. The molecule has 1 aromatic rings. The van der Waals surface area contributed by atoms with E-state index < -0.39 is 5.60 Å². The van der Waals surface area contributed by atoms with E-state index >= 15 is 0 Å². The minimum absolute atomic E-state index is 0.181. The van der Waals surface area contributed by atoms with Crippen LogP contribution in [0.5, 0.6) is 0 Å². The van der Waals surface area contributed by atoms with Gasteiger partial charge in [0.1, 0.15) is 5.60 Å². The molecule has 3 nitrogen and oxygen atoms in total. The smallest absolute Gasteiger partial charge is 0.165 e. The van der Waals surface area contributed by atoms with E-state index in [1.165, 1.54) is 6.07 Å². The van der Waals surface area contributed by atoms with Crippen molar-refractivity contribution in [3.63, 3.8) is 0 Å². The first-order valence-electron chi connectivity index (χ1n) is 5.11. The first-order valence-corrected chi connectivity index (χ1v) is 5.11. The molecular formula is C11H15FN2O. The van der Waals surface area contributed by atoms with Gasteiger partial charge in [-0.25, -0.2) is 9.37 Å². The molecule has 1 aliphatic rings. The number of halogens is 1. The van der Waals surface area contributed by atoms with Gasteiger partial charge in [0.2, 0.25) is 0 Å². The minimum atomic E-state index is -0.691. The maximum absolute atomic E-state index is 13.3. The molecule has 1 aliphatic heterocycles. The Kier molecular flexibility index (Phi) is 2.38. The Morgan fingerprint density at radius 2 is 2.20 bits per heavy atom. The van der Waals surface area contributed by atoms with Crippen LogP contribution >= 0.6 is 0 Å². The van der Waals surface area contributed by atoms with Gasteiger partial charge in [0, 0.05) is 6.20 Å². The highest BCUT2D eigenvalue weighted by Crippen LogP contribution is 2.32. The Morgan fingerprint density at radius 3 is 2.73 bits per heavy atom. The first-order chi connectivity index (χ1) is 7.03. The van der Waals surface area contributed by atoms with Crippen LogP contribution in [0.15, 0.2) is 18.3 Å². The van der Waals surface area contributed by atoms with Crippen molar-refractivity contribution in [2.24, 2.45) is 5.92 Å². The lowest BCUT2D eigenvalue weighted by Crippen LogP contribution is -2.65. The number of aliphatic hydroxyl groups is 1. The average Bonchev–Trinajstić information content (AvgIpc) is 2.14. The Morgan fingerprint density at radius 1 is 1.53 bits per heavy atom. The number of β-amino-alcohol motifs (C(OH)–C–C–N with tert-alkyl or cyclic N) is 1. The first kappa shape index (κ1) is 10.4. The second-order valence-electron chi connectivity index (χ2n) is 4.42. The van der Waals surface area contributed by atoms with E-state index in [0.717, 1.165) is 0 Å². The number of anilines is 1. The van der Waals surface area contributed by atoms with Crippen LogP contribution in [0.1, 0.15) is 13.8 Å². The van der Waals surface area contributed by atoms with Gasteiger partial charge in [0.05, 0.1) is 13.1 Å². The molecule has 1 fully saturated rings. The van der Waals surface area contributed by atoms with Crippen LogP contribution in [-0.4, -0.2) is 28.8 Å². The molecule has 0 unspecified atom stereocenters. The van der Waals surface area contributed by atoms with Crippen molar-refractivity contribution in [2.45, 2.75) is 19.4 Å². The summed E-state index contributed by atoms with van der Waals surface area (Å²) < 4.78 is 13.3. The predicted octanol–water partition coefficient (Wildman–Crippen LogP) is 1.43. The van der Waals surface area contributed by atoms with Crippen molar-refractivity contribution in [1.82, 2.24) is 4.98 Å². The van der Waals surface area contributed by atoms with Gasteiger partial charge in [-0.2, -0.15) is 0 Å². The molecule has 2 rings (SSSR count). The van der Waals surface area contributed by atoms with Crippen LogP contribution in [0.25, 0.3) is 0 Å². The third-order valence-corrected chi connectivity index (χ3v) is 3.04. The summed E-state index contributed by atoms with van der Waals surface area (Å²) in [6, 6.07) is 2.95. The van der Waals surface area contributed by atoms with Crippen molar-refractivity contribution in [2.75, 3.05) is 18.0 Å². The second kappa shape index (κ2) is 3.45. The molecular weight excluding hydrogens is 195 g/mol. The van der Waals surface area contributed by atoms with Gasteiger partial charge in [0.25, 0.3) is 0 Å². The van der Waals surface area contributed by atoms with Crippen LogP contribution in [0.3, 0.4) is 0 Å². The fourth-order valence-electron chi connectivity index (χ4n) is 1.74.